The number of sulfonamides is 1. The Morgan fingerprint density at radius 2 is 1.47 bits per heavy atom. The molecule has 2 aromatic carbocycles. The molecule has 0 saturated carbocycles. The molecule has 1 atom stereocenters. The van der Waals surface area contributed by atoms with Crippen LogP contribution in [0.1, 0.15) is 6.42 Å². The Labute approximate surface area is 197 Å². The van der Waals surface area contributed by atoms with E-state index in [1.165, 1.54) is 54.9 Å². The zero-order valence-corrected chi connectivity index (χ0v) is 19.8. The lowest BCUT2D eigenvalue weighted by Crippen LogP contribution is -2.32. The minimum Gasteiger partial charge on any atom is -0.382 e. The zero-order chi connectivity index (χ0) is 24.8. The molecular weight excluding hydrogens is 508 g/mol. The van der Waals surface area contributed by atoms with Gasteiger partial charge in [0.05, 0.1) is 10.6 Å². The Bertz CT molecular complexity index is 1420. The molecule has 3 N–H and O–H groups in total. The van der Waals surface area contributed by atoms with Crippen LogP contribution in [0.25, 0.3) is 0 Å². The van der Waals surface area contributed by atoms with Gasteiger partial charge in [0, 0.05) is 24.5 Å². The molecule has 0 bridgehead atoms. The van der Waals surface area contributed by atoms with E-state index >= 15 is 0 Å². The molecule has 0 fully saturated rings. The molecule has 0 aliphatic carbocycles. The molecule has 0 amide bonds. The van der Waals surface area contributed by atoms with Crippen molar-refractivity contribution in [2.75, 3.05) is 15.8 Å². The van der Waals surface area contributed by atoms with E-state index in [1.807, 2.05) is 0 Å². The number of nitrogens with one attached hydrogen (secondary N) is 2. The predicted molar refractivity (Wildman–Crippen MR) is 124 cm³/mol. The maximum atomic E-state index is 12.4. The van der Waals surface area contributed by atoms with Gasteiger partial charge >= 0.3 is 10.1 Å². The van der Waals surface area contributed by atoms with Crippen LogP contribution in [0.2, 0.25) is 0 Å². The van der Waals surface area contributed by atoms with Gasteiger partial charge in [-0.05, 0) is 42.5 Å². The highest BCUT2D eigenvalue weighted by Crippen LogP contribution is 2.20. The van der Waals surface area contributed by atoms with Gasteiger partial charge in [-0.15, -0.1) is 0 Å². The van der Waals surface area contributed by atoms with Crippen molar-refractivity contribution in [3.8, 4) is 5.75 Å². The first-order chi connectivity index (χ1) is 15.9. The average molecular weight is 529 g/mol. The minimum absolute atomic E-state index is 0.0603. The molecule has 1 aromatic heterocycles. The third kappa shape index (κ3) is 7.38. The molecule has 3 rings (SSSR count). The Kier molecular flexibility index (Phi) is 7.71. The van der Waals surface area contributed by atoms with Crippen molar-refractivity contribution < 1.29 is 34.0 Å². The summed E-state index contributed by atoms with van der Waals surface area (Å²) in [5.41, 5.74) is 0.124. The lowest BCUT2D eigenvalue weighted by molar-refractivity contribution is 0.466. The fraction of sp³-hybridized carbons (Fsp3) is 0.158. The molecule has 182 valence electrons. The van der Waals surface area contributed by atoms with Crippen molar-refractivity contribution in [3.05, 3.63) is 73.1 Å². The van der Waals surface area contributed by atoms with Crippen LogP contribution >= 0.6 is 0 Å². The van der Waals surface area contributed by atoms with Crippen molar-refractivity contribution in [1.29, 1.82) is 0 Å². The molecule has 1 unspecified atom stereocenters. The van der Waals surface area contributed by atoms with E-state index in [-0.39, 0.29) is 22.3 Å². The van der Waals surface area contributed by atoms with Gasteiger partial charge in [-0.25, -0.2) is 23.1 Å². The van der Waals surface area contributed by atoms with E-state index in [2.05, 4.69) is 20.0 Å². The van der Waals surface area contributed by atoms with Gasteiger partial charge in [0.15, 0.2) is 5.37 Å². The first kappa shape index (κ1) is 25.4. The summed E-state index contributed by atoms with van der Waals surface area (Å²) >= 11 is 0. The number of nitrogens with zero attached hydrogens (tertiary/aromatic N) is 2. The Balaban J connectivity index is 1.68. The molecule has 34 heavy (non-hydrogen) atoms. The topological polar surface area (TPSA) is 182 Å². The maximum absolute atomic E-state index is 12.4. The molecule has 3 aromatic rings. The fourth-order valence-corrected chi connectivity index (χ4v) is 5.48. The van der Waals surface area contributed by atoms with Crippen molar-refractivity contribution in [3.63, 3.8) is 0 Å². The molecule has 15 heteroatoms. The number of hydrogen-bond donors (Lipinski definition) is 3. The molecule has 0 radical (unpaired) electrons. The van der Waals surface area contributed by atoms with Gasteiger partial charge in [0.2, 0.25) is 5.95 Å². The summed E-state index contributed by atoms with van der Waals surface area (Å²) in [7, 11) is -12.9. The first-order valence-electron chi connectivity index (χ1n) is 9.55. The van der Waals surface area contributed by atoms with Gasteiger partial charge in [-0.2, -0.15) is 16.8 Å². The van der Waals surface area contributed by atoms with E-state index in [9.17, 15) is 29.8 Å². The van der Waals surface area contributed by atoms with E-state index in [0.29, 0.717) is 0 Å². The van der Waals surface area contributed by atoms with Gasteiger partial charge in [0.1, 0.15) is 5.75 Å². The monoisotopic (exact) mass is 528 g/mol. The second-order valence-corrected chi connectivity index (χ2v) is 11.8. The average Bonchev–Trinajstić information content (AvgIpc) is 2.77. The highest BCUT2D eigenvalue weighted by molar-refractivity contribution is 7.92. The van der Waals surface area contributed by atoms with Gasteiger partial charge < -0.3 is 9.50 Å². The van der Waals surface area contributed by atoms with Gasteiger partial charge in [-0.3, -0.25) is 4.55 Å². The lowest BCUT2D eigenvalue weighted by Gasteiger charge is -2.17. The van der Waals surface area contributed by atoms with Crippen molar-refractivity contribution in [2.45, 2.75) is 16.7 Å². The van der Waals surface area contributed by atoms with Crippen LogP contribution in [0.3, 0.4) is 0 Å². The second kappa shape index (κ2) is 10.3. The van der Waals surface area contributed by atoms with Gasteiger partial charge in [0.25, 0.3) is 20.1 Å². The Morgan fingerprint density at radius 3 is 2.06 bits per heavy atom. The highest BCUT2D eigenvalue weighted by Gasteiger charge is 2.26. The molecule has 0 spiro atoms. The van der Waals surface area contributed by atoms with Crippen LogP contribution in [0.4, 0.5) is 11.6 Å². The molecular formula is C19H20N4O8S3. The summed E-state index contributed by atoms with van der Waals surface area (Å²) in [6.07, 6.45) is 2.18. The van der Waals surface area contributed by atoms with Crippen LogP contribution in [0, 0.1) is 0 Å². The highest BCUT2D eigenvalue weighted by atomic mass is 32.2. The molecule has 1 heterocycles. The van der Waals surface area contributed by atoms with E-state index in [0.717, 1.165) is 0 Å². The lowest BCUT2D eigenvalue weighted by atomic mass is 10.3. The number of anilines is 2. The predicted octanol–water partition coefficient (Wildman–Crippen LogP) is 1.70. The number of benzene rings is 2. The largest absolute Gasteiger partial charge is 0.382 e. The molecule has 0 aliphatic heterocycles. The van der Waals surface area contributed by atoms with E-state index < -0.39 is 47.8 Å². The van der Waals surface area contributed by atoms with Crippen LogP contribution in [-0.4, -0.2) is 50.9 Å². The summed E-state index contributed by atoms with van der Waals surface area (Å²) in [6.45, 7) is 0. The third-order valence-electron chi connectivity index (χ3n) is 4.24. The Hall–Kier alpha value is -3.27. The van der Waals surface area contributed by atoms with Crippen molar-refractivity contribution in [2.24, 2.45) is 0 Å². The summed E-state index contributed by atoms with van der Waals surface area (Å²) in [5, 5.41) is 0.791. The van der Waals surface area contributed by atoms with Crippen LogP contribution in [0.5, 0.6) is 5.75 Å². The van der Waals surface area contributed by atoms with Crippen LogP contribution in [-0.2, 0) is 30.3 Å². The van der Waals surface area contributed by atoms with Crippen molar-refractivity contribution >= 4 is 41.9 Å². The molecule has 12 nitrogen and oxygen atoms in total. The number of para-hydroxylation sites is 1. The SMILES string of the molecule is O=S(=O)(CCC(Nc1ccc(S(=O)(=O)Nc2ncccn2)cc1)S(=O)(=O)O)Oc1ccccc1. The summed E-state index contributed by atoms with van der Waals surface area (Å²) in [4.78, 5) is 7.39. The normalized spacial score (nSPS) is 13.1. The molecule has 0 saturated heterocycles. The van der Waals surface area contributed by atoms with Gasteiger partial charge in [-0.1, -0.05) is 18.2 Å². The smallest absolute Gasteiger partial charge is 0.309 e. The number of aromatic nitrogens is 2. The van der Waals surface area contributed by atoms with E-state index in [4.69, 9.17) is 4.18 Å². The zero-order valence-electron chi connectivity index (χ0n) is 17.3. The Morgan fingerprint density at radius 1 is 0.853 bits per heavy atom. The van der Waals surface area contributed by atoms with Crippen LogP contribution < -0.4 is 14.2 Å². The maximum Gasteiger partial charge on any atom is 0.309 e. The standard InChI is InChI=1S/C19H20N4O8S3/c24-32(25,31-16-5-2-1-3-6-16)14-11-18(34(28,29)30)22-15-7-9-17(10-8-15)33(26,27)23-19-20-12-4-13-21-19/h1-10,12-13,18,22H,11,14H2,(H,20,21,23)(H,28,29,30). The second-order valence-electron chi connectivity index (χ2n) is 6.80. The van der Waals surface area contributed by atoms with Crippen LogP contribution in [0.15, 0.2) is 78.0 Å². The summed E-state index contributed by atoms with van der Waals surface area (Å²) in [5.74, 6) is -0.785. The third-order valence-corrected chi connectivity index (χ3v) is 7.84. The van der Waals surface area contributed by atoms with Crippen molar-refractivity contribution in [1.82, 2.24) is 9.97 Å². The fourth-order valence-electron chi connectivity index (χ4n) is 2.66. The number of hydrogen-bond acceptors (Lipinski definition) is 10. The minimum atomic E-state index is -4.72. The summed E-state index contributed by atoms with van der Waals surface area (Å²) in [6, 6.07) is 14.0. The number of rotatable bonds is 11. The quantitative estimate of drug-likeness (QED) is 0.243. The summed E-state index contributed by atoms with van der Waals surface area (Å²) < 4.78 is 89.4. The molecule has 0 aliphatic rings. The van der Waals surface area contributed by atoms with E-state index in [1.54, 1.807) is 18.2 Å². The first-order valence-corrected chi connectivity index (χ1v) is 14.1.